The van der Waals surface area contributed by atoms with Crippen molar-refractivity contribution in [3.63, 3.8) is 0 Å². The second-order valence-corrected chi connectivity index (χ2v) is 13.8. The molecule has 0 N–H and O–H groups in total. The monoisotopic (exact) mass is 759 g/mol. The van der Waals surface area contributed by atoms with E-state index in [9.17, 15) is 0 Å². The van der Waals surface area contributed by atoms with Crippen molar-refractivity contribution in [1.82, 2.24) is 19.9 Å². The Morgan fingerprint density at radius 1 is 0.315 bits per heavy atom. The number of halogens is 1. The molecule has 0 spiro atoms. The zero-order valence-electron chi connectivity index (χ0n) is 30.4. The van der Waals surface area contributed by atoms with Crippen LogP contribution >= 0.6 is 0 Å². The molecule has 0 atom stereocenters. The number of aryl methyl sites for hydroxylation is 4. The number of fused-ring (bicyclic) bond motifs is 8. The van der Waals surface area contributed by atoms with Crippen LogP contribution in [0.5, 0.6) is 0 Å². The number of nitrogens with zero attached hydrogens (tertiary/aromatic N) is 4. The third-order valence-corrected chi connectivity index (χ3v) is 9.97. The first kappa shape index (κ1) is 36.6. The Hall–Kier alpha value is -5.71. The van der Waals surface area contributed by atoms with Crippen LogP contribution in [-0.2, 0) is 17.1 Å². The van der Waals surface area contributed by atoms with Gasteiger partial charge in [0, 0.05) is 0 Å². The minimum atomic E-state index is 0. The number of aromatic nitrogens is 4. The third-order valence-electron chi connectivity index (χ3n) is 9.97. The van der Waals surface area contributed by atoms with E-state index in [2.05, 4.69) is 173 Å². The van der Waals surface area contributed by atoms with Gasteiger partial charge < -0.3 is 22.4 Å². The van der Waals surface area contributed by atoms with Crippen LogP contribution in [-0.4, -0.2) is 9.97 Å². The molecule has 9 rings (SSSR count). The Labute approximate surface area is 332 Å². The van der Waals surface area contributed by atoms with Crippen LogP contribution < -0.4 is 22.4 Å². The smallest absolute Gasteiger partial charge is 1.00 e. The zero-order valence-corrected chi connectivity index (χ0v) is 32.2. The molecule has 0 saturated heterocycles. The average molecular weight is 760 g/mol. The molecule has 8 bridgehead atoms. The van der Waals surface area contributed by atoms with Crippen molar-refractivity contribution in [1.29, 1.82) is 0 Å². The van der Waals surface area contributed by atoms with Gasteiger partial charge in [-0.05, 0) is 96.5 Å². The van der Waals surface area contributed by atoms with Crippen LogP contribution in [0.3, 0.4) is 0 Å². The first-order chi connectivity index (χ1) is 25.4. The summed E-state index contributed by atoms with van der Waals surface area (Å²) in [5.41, 5.74) is 19.9. The van der Waals surface area contributed by atoms with Gasteiger partial charge in [0.15, 0.2) is 0 Å². The number of rotatable bonds is 4. The molecule has 7 aromatic rings. The molecule has 3 aromatic heterocycles. The Balaban J connectivity index is 0.00000225. The minimum Gasteiger partial charge on any atom is -1.00 e. The van der Waals surface area contributed by atoms with E-state index in [1.807, 2.05) is 0 Å². The molecule has 0 amide bonds. The Kier molecular flexibility index (Phi) is 10.2. The summed E-state index contributed by atoms with van der Waals surface area (Å²) in [6.45, 7) is 8.45. The van der Waals surface area contributed by atoms with E-state index < -0.39 is 0 Å². The maximum Gasteiger partial charge on any atom is 3.00 e. The number of hydrogen-bond acceptors (Lipinski definition) is 2. The Morgan fingerprint density at radius 3 is 0.722 bits per heavy atom. The van der Waals surface area contributed by atoms with Gasteiger partial charge in [-0.1, -0.05) is 144 Å². The molecule has 263 valence electrons. The molecular formula is C48H36ClFeN4. The fourth-order valence-electron chi connectivity index (χ4n) is 7.15. The molecule has 54 heavy (non-hydrogen) atoms. The van der Waals surface area contributed by atoms with E-state index in [1.54, 1.807) is 0 Å². The molecule has 5 heterocycles. The summed E-state index contributed by atoms with van der Waals surface area (Å²) in [5.74, 6) is 0. The van der Waals surface area contributed by atoms with Gasteiger partial charge in [0.05, 0.1) is 22.8 Å². The summed E-state index contributed by atoms with van der Waals surface area (Å²) in [5, 5.41) is 0. The topological polar surface area (TPSA) is 54.0 Å². The molecule has 0 aliphatic carbocycles. The van der Waals surface area contributed by atoms with Gasteiger partial charge in [0.1, 0.15) is 0 Å². The summed E-state index contributed by atoms with van der Waals surface area (Å²) in [6.07, 6.45) is 8.48. The summed E-state index contributed by atoms with van der Waals surface area (Å²) in [6, 6.07) is 43.0. The van der Waals surface area contributed by atoms with Crippen LogP contribution in [0.25, 0.3) is 90.9 Å². The predicted molar refractivity (Wildman–Crippen MR) is 217 cm³/mol. The van der Waals surface area contributed by atoms with Crippen molar-refractivity contribution in [3.8, 4) is 44.5 Å². The summed E-state index contributed by atoms with van der Waals surface area (Å²) in [4.78, 5) is 21.5. The van der Waals surface area contributed by atoms with Crippen LogP contribution in [0.4, 0.5) is 0 Å². The van der Waals surface area contributed by atoms with Gasteiger partial charge in [0.25, 0.3) is 0 Å². The third kappa shape index (κ3) is 6.79. The van der Waals surface area contributed by atoms with Gasteiger partial charge in [-0.15, -0.1) is 22.1 Å². The van der Waals surface area contributed by atoms with Gasteiger partial charge in [0.2, 0.25) is 0 Å². The maximum atomic E-state index is 5.37. The van der Waals surface area contributed by atoms with E-state index in [0.29, 0.717) is 0 Å². The molecule has 4 aromatic carbocycles. The largest absolute Gasteiger partial charge is 3.00 e. The van der Waals surface area contributed by atoms with Crippen LogP contribution in [0, 0.1) is 27.7 Å². The molecule has 2 aliphatic rings. The number of benzene rings is 4. The fourth-order valence-corrected chi connectivity index (χ4v) is 7.15. The summed E-state index contributed by atoms with van der Waals surface area (Å²) >= 11 is 0. The Bertz CT molecular complexity index is 2360. The van der Waals surface area contributed by atoms with E-state index in [0.717, 1.165) is 89.4 Å². The van der Waals surface area contributed by atoms with Crippen LogP contribution in [0.2, 0.25) is 0 Å². The van der Waals surface area contributed by atoms with E-state index in [1.165, 1.54) is 22.3 Å². The predicted octanol–water partition coefficient (Wildman–Crippen LogP) is 8.82. The normalized spacial score (nSPS) is 11.6. The van der Waals surface area contributed by atoms with Crippen molar-refractivity contribution in [2.24, 2.45) is 0 Å². The molecule has 4 nitrogen and oxygen atoms in total. The van der Waals surface area contributed by atoms with E-state index in [4.69, 9.17) is 19.9 Å². The minimum absolute atomic E-state index is 0. The fraction of sp³-hybridized carbons (Fsp3) is 0.0833. The van der Waals surface area contributed by atoms with Gasteiger partial charge >= 0.3 is 17.1 Å². The second-order valence-electron chi connectivity index (χ2n) is 13.8. The summed E-state index contributed by atoms with van der Waals surface area (Å²) in [7, 11) is 0. The molecule has 0 saturated carbocycles. The molecule has 0 fully saturated rings. The molecule has 2 aliphatic heterocycles. The first-order valence-electron chi connectivity index (χ1n) is 17.7. The molecular weight excluding hydrogens is 724 g/mol. The standard InChI is InChI=1S/C48H36N4.ClH.Fe/c1-29-5-13-33(14-6-29)45-37-21-23-39(49-37)46(34-15-7-30(2)8-16-34)41-25-27-43(51-41)48(36-19-11-32(4)12-20-36)44-28-26-42(52-44)47(40-24-22-38(45)50-40)35-17-9-31(3)10-18-35;;/h5-28H,1-4H3;1H;/q-2;;+3/p-1. The van der Waals surface area contributed by atoms with E-state index in [-0.39, 0.29) is 29.5 Å². The molecule has 6 heteroatoms. The summed E-state index contributed by atoms with van der Waals surface area (Å²) < 4.78 is 0. The average Bonchev–Trinajstić information content (AvgIpc) is 3.99. The van der Waals surface area contributed by atoms with Crippen molar-refractivity contribution in [2.75, 3.05) is 0 Å². The van der Waals surface area contributed by atoms with Crippen LogP contribution in [0.1, 0.15) is 45.0 Å². The first-order valence-corrected chi connectivity index (χ1v) is 17.7. The van der Waals surface area contributed by atoms with Gasteiger partial charge in [-0.2, -0.15) is 0 Å². The van der Waals surface area contributed by atoms with E-state index >= 15 is 0 Å². The van der Waals surface area contributed by atoms with Crippen molar-refractivity contribution < 1.29 is 29.5 Å². The molecule has 1 radical (unpaired) electrons. The Morgan fingerprint density at radius 2 is 0.519 bits per heavy atom. The molecule has 0 unspecified atom stereocenters. The SMILES string of the molecule is Cc1ccc(-c2c3nc(c(-c4ccc(C)cc4)c4ccc([n-]4)c(-c4ccc(C)cc4)c4nc(c(-c5ccc(C)cc5)c5ccc2[n-]5)C=C4)C=C3)cc1.[Cl-].[Fe+3]. The van der Waals surface area contributed by atoms with Crippen molar-refractivity contribution >= 4 is 46.4 Å². The van der Waals surface area contributed by atoms with Crippen molar-refractivity contribution in [2.45, 2.75) is 27.7 Å². The van der Waals surface area contributed by atoms with Crippen molar-refractivity contribution in [3.05, 3.63) is 166 Å². The number of hydrogen-bond donors (Lipinski definition) is 0. The zero-order chi connectivity index (χ0) is 35.3. The second kappa shape index (κ2) is 15.0. The quantitative estimate of drug-likeness (QED) is 0.169. The van der Waals surface area contributed by atoms with Gasteiger partial charge in [-0.3, -0.25) is 0 Å². The van der Waals surface area contributed by atoms with Gasteiger partial charge in [-0.25, -0.2) is 9.97 Å². The maximum absolute atomic E-state index is 5.37. The van der Waals surface area contributed by atoms with Crippen LogP contribution in [0.15, 0.2) is 121 Å².